The predicted octanol–water partition coefficient (Wildman–Crippen LogP) is 1.96. The number of aromatic nitrogens is 3. The largest absolute Gasteiger partial charge is 0.493 e. The van der Waals surface area contributed by atoms with E-state index in [1.807, 2.05) is 32.2 Å². The zero-order valence-corrected chi connectivity index (χ0v) is 12.5. The van der Waals surface area contributed by atoms with Gasteiger partial charge in [0.25, 0.3) is 0 Å². The molecule has 6 heteroatoms. The minimum atomic E-state index is -0.107. The van der Waals surface area contributed by atoms with Crippen molar-refractivity contribution in [3.05, 3.63) is 24.2 Å². The number of hydrogen-bond donors (Lipinski definition) is 1. The summed E-state index contributed by atoms with van der Waals surface area (Å²) < 4.78 is 7.00. The van der Waals surface area contributed by atoms with Gasteiger partial charge in [-0.1, -0.05) is 13.8 Å². The van der Waals surface area contributed by atoms with Gasteiger partial charge in [0.15, 0.2) is 17.2 Å². The Hall–Kier alpha value is -2.11. The van der Waals surface area contributed by atoms with Gasteiger partial charge >= 0.3 is 0 Å². The monoisotopic (exact) mass is 288 g/mol. The molecular formula is C15H20N4O2. The summed E-state index contributed by atoms with van der Waals surface area (Å²) in [6.45, 7) is 3.78. The van der Waals surface area contributed by atoms with E-state index in [0.29, 0.717) is 23.1 Å². The third kappa shape index (κ3) is 2.70. The Kier molecular flexibility index (Phi) is 3.53. The van der Waals surface area contributed by atoms with E-state index in [1.165, 1.54) is 0 Å². The summed E-state index contributed by atoms with van der Waals surface area (Å²) in [5, 5.41) is 7.58. The van der Waals surface area contributed by atoms with Crippen LogP contribution in [0.2, 0.25) is 0 Å². The number of hydrogen-bond acceptors (Lipinski definition) is 4. The number of nitrogens with zero attached hydrogens (tertiary/aromatic N) is 3. The molecule has 1 saturated carbocycles. The number of ether oxygens (including phenoxy) is 1. The molecule has 0 aromatic carbocycles. The van der Waals surface area contributed by atoms with Crippen molar-refractivity contribution in [1.82, 2.24) is 19.9 Å². The second-order valence-electron chi connectivity index (χ2n) is 5.79. The summed E-state index contributed by atoms with van der Waals surface area (Å²) in [4.78, 5) is 16.6. The normalized spacial score (nSPS) is 16.2. The van der Waals surface area contributed by atoms with Gasteiger partial charge in [0.2, 0.25) is 5.91 Å². The molecule has 0 radical (unpaired) electrons. The van der Waals surface area contributed by atoms with Crippen molar-refractivity contribution in [3.8, 4) is 5.75 Å². The first kappa shape index (κ1) is 13.9. The van der Waals surface area contributed by atoms with Crippen LogP contribution in [0, 0.1) is 11.8 Å². The van der Waals surface area contributed by atoms with Gasteiger partial charge in [0.1, 0.15) is 0 Å². The fourth-order valence-corrected chi connectivity index (χ4v) is 2.33. The van der Waals surface area contributed by atoms with Crippen molar-refractivity contribution in [2.45, 2.75) is 32.7 Å². The Morgan fingerprint density at radius 2 is 2.24 bits per heavy atom. The molecule has 2 heterocycles. The molecule has 0 spiro atoms. The Morgan fingerprint density at radius 3 is 2.86 bits per heavy atom. The summed E-state index contributed by atoms with van der Waals surface area (Å²) >= 11 is 0. The summed E-state index contributed by atoms with van der Waals surface area (Å²) in [6.07, 6.45) is 4.05. The zero-order valence-electron chi connectivity index (χ0n) is 12.5. The Balaban J connectivity index is 1.94. The Bertz CT molecular complexity index is 661. The van der Waals surface area contributed by atoms with Crippen molar-refractivity contribution in [3.63, 3.8) is 0 Å². The van der Waals surface area contributed by atoms with Gasteiger partial charge < -0.3 is 10.1 Å². The molecule has 2 aromatic rings. The maximum atomic E-state index is 12.0. The van der Waals surface area contributed by atoms with E-state index in [1.54, 1.807) is 11.6 Å². The van der Waals surface area contributed by atoms with Crippen molar-refractivity contribution < 1.29 is 9.53 Å². The minimum absolute atomic E-state index is 0.0396. The summed E-state index contributed by atoms with van der Waals surface area (Å²) in [5.41, 5.74) is 0.680. The molecule has 3 rings (SSSR count). The number of carbonyl (C=O) groups excluding carboxylic acids is 1. The van der Waals surface area contributed by atoms with Crippen LogP contribution in [0.4, 0.5) is 0 Å². The number of pyridine rings is 1. The van der Waals surface area contributed by atoms with Crippen LogP contribution in [0.25, 0.3) is 5.65 Å². The van der Waals surface area contributed by atoms with Crippen molar-refractivity contribution in [1.29, 1.82) is 0 Å². The number of nitrogens with one attached hydrogen (secondary N) is 1. The van der Waals surface area contributed by atoms with Crippen LogP contribution in [0.3, 0.4) is 0 Å². The third-order valence-corrected chi connectivity index (χ3v) is 3.76. The lowest BCUT2D eigenvalue weighted by molar-refractivity contribution is -0.125. The lowest BCUT2D eigenvalue weighted by Crippen LogP contribution is -2.33. The highest BCUT2D eigenvalue weighted by atomic mass is 16.5. The summed E-state index contributed by atoms with van der Waals surface area (Å²) in [7, 11) is 1.61. The van der Waals surface area contributed by atoms with Crippen molar-refractivity contribution in [2.75, 3.05) is 7.11 Å². The minimum Gasteiger partial charge on any atom is -0.493 e. The molecule has 0 aliphatic heterocycles. The summed E-state index contributed by atoms with van der Waals surface area (Å²) in [5.74, 6) is 1.78. The molecule has 1 amide bonds. The molecule has 1 fully saturated rings. The molecule has 112 valence electrons. The van der Waals surface area contributed by atoms with Gasteiger partial charge in [0.05, 0.1) is 13.2 Å². The Morgan fingerprint density at radius 1 is 1.48 bits per heavy atom. The average molecular weight is 288 g/mol. The maximum Gasteiger partial charge on any atom is 0.223 e. The molecule has 2 aromatic heterocycles. The van der Waals surface area contributed by atoms with Gasteiger partial charge in [-0.2, -0.15) is 0 Å². The quantitative estimate of drug-likeness (QED) is 0.913. The lowest BCUT2D eigenvalue weighted by Gasteiger charge is -2.16. The fourth-order valence-electron chi connectivity index (χ4n) is 2.33. The van der Waals surface area contributed by atoms with Crippen LogP contribution < -0.4 is 10.1 Å². The molecule has 0 bridgehead atoms. The van der Waals surface area contributed by atoms with Crippen molar-refractivity contribution in [2.24, 2.45) is 11.8 Å². The molecule has 6 nitrogen and oxygen atoms in total. The first-order chi connectivity index (χ1) is 10.1. The van der Waals surface area contributed by atoms with Gasteiger partial charge in [-0.25, -0.2) is 9.50 Å². The van der Waals surface area contributed by atoms with Crippen LogP contribution in [-0.2, 0) is 4.79 Å². The number of amides is 1. The summed E-state index contributed by atoms with van der Waals surface area (Å²) in [6, 6.07) is 3.61. The lowest BCUT2D eigenvalue weighted by atomic mass is 10.1. The zero-order chi connectivity index (χ0) is 15.0. The SMILES string of the molecule is COc1cccn2nc(C(NC(=O)C(C)C)C3CC3)nc12. The van der Waals surface area contributed by atoms with Gasteiger partial charge in [-0.05, 0) is 30.9 Å². The smallest absolute Gasteiger partial charge is 0.223 e. The average Bonchev–Trinajstić information content (AvgIpc) is 3.21. The first-order valence-electron chi connectivity index (χ1n) is 7.30. The molecule has 21 heavy (non-hydrogen) atoms. The van der Waals surface area contributed by atoms with Crippen molar-refractivity contribution >= 4 is 11.6 Å². The third-order valence-electron chi connectivity index (χ3n) is 3.76. The van der Waals surface area contributed by atoms with Crippen LogP contribution in [0.15, 0.2) is 18.3 Å². The van der Waals surface area contributed by atoms with Crippen LogP contribution >= 0.6 is 0 Å². The van der Waals surface area contributed by atoms with E-state index in [9.17, 15) is 4.79 Å². The Labute approximate surface area is 123 Å². The molecule has 1 unspecified atom stereocenters. The topological polar surface area (TPSA) is 68.5 Å². The molecule has 0 saturated heterocycles. The fraction of sp³-hybridized carbons (Fsp3) is 0.533. The highest BCUT2D eigenvalue weighted by Gasteiger charge is 2.36. The number of methoxy groups -OCH3 is 1. The molecular weight excluding hydrogens is 268 g/mol. The molecule has 1 atom stereocenters. The second kappa shape index (κ2) is 5.35. The first-order valence-corrected chi connectivity index (χ1v) is 7.30. The van der Waals surface area contributed by atoms with E-state index >= 15 is 0 Å². The highest BCUT2D eigenvalue weighted by molar-refractivity contribution is 5.78. The predicted molar refractivity (Wildman–Crippen MR) is 78.0 cm³/mol. The van der Waals surface area contributed by atoms with Crippen LogP contribution in [-0.4, -0.2) is 27.6 Å². The number of rotatable bonds is 5. The standard InChI is InChI=1S/C15H20N4O2/c1-9(2)15(20)16-12(10-6-7-10)13-17-14-11(21-3)5-4-8-19(14)18-13/h4-5,8-10,12H,6-7H2,1-3H3,(H,16,20). The van der Waals surface area contributed by atoms with E-state index in [2.05, 4.69) is 15.4 Å². The maximum absolute atomic E-state index is 12.0. The van der Waals surface area contributed by atoms with Gasteiger partial charge in [0, 0.05) is 12.1 Å². The number of carbonyl (C=O) groups is 1. The molecule has 1 aliphatic carbocycles. The van der Waals surface area contributed by atoms with Crippen LogP contribution in [0.5, 0.6) is 5.75 Å². The van der Waals surface area contributed by atoms with E-state index in [4.69, 9.17) is 4.74 Å². The second-order valence-corrected chi connectivity index (χ2v) is 5.79. The van der Waals surface area contributed by atoms with Crippen LogP contribution in [0.1, 0.15) is 38.6 Å². The van der Waals surface area contributed by atoms with Gasteiger partial charge in [-0.3, -0.25) is 4.79 Å². The highest BCUT2D eigenvalue weighted by Crippen LogP contribution is 2.40. The number of fused-ring (bicyclic) bond motifs is 1. The molecule has 1 aliphatic rings. The van der Waals surface area contributed by atoms with E-state index < -0.39 is 0 Å². The molecule has 1 N–H and O–H groups in total. The van der Waals surface area contributed by atoms with Gasteiger partial charge in [-0.15, -0.1) is 5.10 Å². The van der Waals surface area contributed by atoms with E-state index in [0.717, 1.165) is 12.8 Å². The van der Waals surface area contributed by atoms with E-state index in [-0.39, 0.29) is 17.9 Å².